The van der Waals surface area contributed by atoms with Crippen LogP contribution in [0.3, 0.4) is 0 Å². The predicted molar refractivity (Wildman–Crippen MR) is 88.6 cm³/mol. The van der Waals surface area contributed by atoms with Crippen molar-refractivity contribution in [2.24, 2.45) is 0 Å². The Labute approximate surface area is 129 Å². The number of unbranched alkanes of at least 4 members (excludes halogenated alkanes) is 1. The summed E-state index contributed by atoms with van der Waals surface area (Å²) in [4.78, 5) is 2.59. The Morgan fingerprint density at radius 1 is 1.24 bits per heavy atom. The number of nitrogens with one attached hydrogen (secondary N) is 1. The van der Waals surface area contributed by atoms with E-state index in [1.165, 1.54) is 45.3 Å². The van der Waals surface area contributed by atoms with Crippen molar-refractivity contribution in [2.75, 3.05) is 19.6 Å². The van der Waals surface area contributed by atoms with Gasteiger partial charge in [-0.25, -0.2) is 0 Å². The average Bonchev–Trinajstić information content (AvgIpc) is 2.52. The first-order chi connectivity index (χ1) is 10.2. The maximum atomic E-state index is 10.0. The van der Waals surface area contributed by atoms with Crippen LogP contribution in [0.25, 0.3) is 0 Å². The van der Waals surface area contributed by atoms with E-state index in [-0.39, 0.29) is 6.04 Å². The lowest BCUT2D eigenvalue weighted by atomic mass is 9.98. The van der Waals surface area contributed by atoms with Crippen LogP contribution in [-0.4, -0.2) is 35.7 Å². The number of phenols is 1. The predicted octanol–water partition coefficient (Wildman–Crippen LogP) is 3.70. The van der Waals surface area contributed by atoms with Gasteiger partial charge in [-0.3, -0.25) is 0 Å². The second-order valence-corrected chi connectivity index (χ2v) is 6.16. The summed E-state index contributed by atoms with van der Waals surface area (Å²) in [5.41, 5.74) is 1.04. The Balaban J connectivity index is 1.85. The molecule has 1 heterocycles. The number of para-hydroxylation sites is 1. The molecule has 0 bridgehead atoms. The third-order valence-corrected chi connectivity index (χ3v) is 4.57. The van der Waals surface area contributed by atoms with E-state index in [4.69, 9.17) is 0 Å². The summed E-state index contributed by atoms with van der Waals surface area (Å²) in [6.07, 6.45) is 6.03. The molecule has 0 aromatic heterocycles. The van der Waals surface area contributed by atoms with Crippen molar-refractivity contribution in [3.63, 3.8) is 0 Å². The van der Waals surface area contributed by atoms with Gasteiger partial charge in [-0.05, 0) is 51.4 Å². The highest BCUT2D eigenvalue weighted by molar-refractivity contribution is 5.34. The third-order valence-electron chi connectivity index (χ3n) is 4.57. The molecule has 21 heavy (non-hydrogen) atoms. The number of hydrogen-bond acceptors (Lipinski definition) is 3. The Hall–Kier alpha value is -1.06. The maximum absolute atomic E-state index is 10.0. The molecule has 1 aliphatic rings. The number of rotatable bonds is 7. The second-order valence-electron chi connectivity index (χ2n) is 6.16. The number of phenolic OH excluding ortho intramolecular Hbond substituents is 1. The van der Waals surface area contributed by atoms with Gasteiger partial charge < -0.3 is 15.3 Å². The lowest BCUT2D eigenvalue weighted by Crippen LogP contribution is -2.43. The molecule has 1 fully saturated rings. The van der Waals surface area contributed by atoms with Crippen LogP contribution in [0.5, 0.6) is 5.75 Å². The summed E-state index contributed by atoms with van der Waals surface area (Å²) in [5, 5.41) is 13.8. The van der Waals surface area contributed by atoms with Crippen LogP contribution in [0.4, 0.5) is 0 Å². The van der Waals surface area contributed by atoms with E-state index in [0.717, 1.165) is 12.0 Å². The zero-order valence-electron chi connectivity index (χ0n) is 13.5. The van der Waals surface area contributed by atoms with Crippen molar-refractivity contribution in [1.82, 2.24) is 10.2 Å². The van der Waals surface area contributed by atoms with Crippen molar-refractivity contribution in [3.8, 4) is 5.75 Å². The highest BCUT2D eigenvalue weighted by Gasteiger charge is 2.22. The van der Waals surface area contributed by atoms with Crippen molar-refractivity contribution in [3.05, 3.63) is 29.8 Å². The minimum absolute atomic E-state index is 0.262. The monoisotopic (exact) mass is 290 g/mol. The van der Waals surface area contributed by atoms with Gasteiger partial charge in [0.2, 0.25) is 0 Å². The summed E-state index contributed by atoms with van der Waals surface area (Å²) in [7, 11) is 0. The fourth-order valence-corrected chi connectivity index (χ4v) is 3.20. The van der Waals surface area contributed by atoms with Gasteiger partial charge in [-0.15, -0.1) is 0 Å². The molecule has 0 aliphatic carbocycles. The van der Waals surface area contributed by atoms with Crippen LogP contribution in [-0.2, 0) is 0 Å². The van der Waals surface area contributed by atoms with Crippen molar-refractivity contribution >= 4 is 0 Å². The van der Waals surface area contributed by atoms with E-state index in [1.54, 1.807) is 6.07 Å². The van der Waals surface area contributed by atoms with E-state index in [2.05, 4.69) is 24.1 Å². The summed E-state index contributed by atoms with van der Waals surface area (Å²) < 4.78 is 0. The molecule has 1 aromatic carbocycles. The zero-order valence-corrected chi connectivity index (χ0v) is 13.5. The first kappa shape index (κ1) is 16.3. The fourth-order valence-electron chi connectivity index (χ4n) is 3.20. The van der Waals surface area contributed by atoms with Crippen LogP contribution in [0.15, 0.2) is 24.3 Å². The number of aromatic hydroxyl groups is 1. The smallest absolute Gasteiger partial charge is 0.120 e. The summed E-state index contributed by atoms with van der Waals surface area (Å²) in [5.74, 6) is 0.414. The zero-order chi connectivity index (χ0) is 15.1. The molecule has 1 unspecified atom stereocenters. The first-order valence-electron chi connectivity index (χ1n) is 8.50. The molecule has 1 aromatic rings. The van der Waals surface area contributed by atoms with Crippen LogP contribution in [0.2, 0.25) is 0 Å². The molecule has 3 heteroatoms. The van der Waals surface area contributed by atoms with Crippen LogP contribution in [0, 0.1) is 0 Å². The molecule has 0 amide bonds. The van der Waals surface area contributed by atoms with E-state index in [0.29, 0.717) is 11.8 Å². The molecule has 0 saturated carbocycles. The maximum Gasteiger partial charge on any atom is 0.120 e. The number of hydrogen-bond donors (Lipinski definition) is 2. The first-order valence-corrected chi connectivity index (χ1v) is 8.50. The van der Waals surface area contributed by atoms with Gasteiger partial charge in [0.25, 0.3) is 0 Å². The molecule has 2 N–H and O–H groups in total. The molecule has 118 valence electrons. The molecule has 3 nitrogen and oxygen atoms in total. The van der Waals surface area contributed by atoms with Gasteiger partial charge in [0, 0.05) is 17.6 Å². The van der Waals surface area contributed by atoms with Gasteiger partial charge in [-0.1, -0.05) is 38.5 Å². The van der Waals surface area contributed by atoms with E-state index in [1.807, 2.05) is 18.2 Å². The molecule has 1 aliphatic heterocycles. The minimum atomic E-state index is 0.262. The van der Waals surface area contributed by atoms with Gasteiger partial charge in [0.15, 0.2) is 0 Å². The van der Waals surface area contributed by atoms with E-state index < -0.39 is 0 Å². The van der Waals surface area contributed by atoms with Crippen molar-refractivity contribution < 1.29 is 5.11 Å². The van der Waals surface area contributed by atoms with Crippen LogP contribution >= 0.6 is 0 Å². The van der Waals surface area contributed by atoms with Gasteiger partial charge in [-0.2, -0.15) is 0 Å². The fraction of sp³-hybridized carbons (Fsp3) is 0.667. The number of piperidine rings is 1. The number of benzene rings is 1. The summed E-state index contributed by atoms with van der Waals surface area (Å²) in [6, 6.07) is 8.55. The largest absolute Gasteiger partial charge is 0.508 e. The van der Waals surface area contributed by atoms with Gasteiger partial charge in [0.1, 0.15) is 5.75 Å². The normalized spacial score (nSPS) is 18.8. The Kier molecular flexibility index (Phi) is 6.52. The molecule has 1 saturated heterocycles. The molecular formula is C18H30N2O. The standard InChI is InChI=1S/C18H30N2O/c1-3-5-12-20-13-10-15(11-14-20)19-17(4-2)16-8-6-7-9-18(16)21/h6-9,15,17,19,21H,3-5,10-14H2,1-2H3. The average molecular weight is 290 g/mol. The van der Waals surface area contributed by atoms with Crippen molar-refractivity contribution in [2.45, 2.75) is 58.0 Å². The summed E-state index contributed by atoms with van der Waals surface area (Å²) in [6.45, 7) is 8.09. The van der Waals surface area contributed by atoms with E-state index in [9.17, 15) is 5.11 Å². The van der Waals surface area contributed by atoms with E-state index >= 15 is 0 Å². The Morgan fingerprint density at radius 3 is 2.57 bits per heavy atom. The lowest BCUT2D eigenvalue weighted by Gasteiger charge is -2.34. The van der Waals surface area contributed by atoms with Gasteiger partial charge in [0.05, 0.1) is 0 Å². The Bertz CT molecular complexity index is 413. The molecule has 0 spiro atoms. The van der Waals surface area contributed by atoms with Crippen LogP contribution < -0.4 is 5.32 Å². The highest BCUT2D eigenvalue weighted by Crippen LogP contribution is 2.27. The molecule has 2 rings (SSSR count). The topological polar surface area (TPSA) is 35.5 Å². The lowest BCUT2D eigenvalue weighted by molar-refractivity contribution is 0.187. The molecular weight excluding hydrogens is 260 g/mol. The minimum Gasteiger partial charge on any atom is -0.508 e. The van der Waals surface area contributed by atoms with Crippen molar-refractivity contribution in [1.29, 1.82) is 0 Å². The summed E-state index contributed by atoms with van der Waals surface area (Å²) >= 11 is 0. The number of likely N-dealkylation sites (tertiary alicyclic amines) is 1. The highest BCUT2D eigenvalue weighted by atomic mass is 16.3. The van der Waals surface area contributed by atoms with Crippen LogP contribution in [0.1, 0.15) is 57.6 Å². The van der Waals surface area contributed by atoms with Gasteiger partial charge >= 0.3 is 0 Å². The molecule has 0 radical (unpaired) electrons. The second kappa shape index (κ2) is 8.40. The molecule has 1 atom stereocenters. The third kappa shape index (κ3) is 4.72. The number of nitrogens with zero attached hydrogens (tertiary/aromatic N) is 1. The SMILES string of the molecule is CCCCN1CCC(NC(CC)c2ccccc2O)CC1. The Morgan fingerprint density at radius 2 is 1.95 bits per heavy atom. The quantitative estimate of drug-likeness (QED) is 0.804.